The molecule has 7 heteroatoms. The number of aryl methyl sites for hydroxylation is 2. The molecular formula is C26H28N4O2S. The molecule has 0 unspecified atom stereocenters. The average molecular weight is 461 g/mol. The lowest BCUT2D eigenvalue weighted by molar-refractivity contribution is 0.194. The van der Waals surface area contributed by atoms with E-state index in [4.69, 9.17) is 9.51 Å². The Kier molecular flexibility index (Phi) is 6.13. The number of nitrogens with one attached hydrogen (secondary N) is 1. The van der Waals surface area contributed by atoms with Crippen molar-refractivity contribution >= 4 is 28.6 Å². The predicted molar refractivity (Wildman–Crippen MR) is 132 cm³/mol. The molecule has 0 radical (unpaired) electrons. The summed E-state index contributed by atoms with van der Waals surface area (Å²) in [6.07, 6.45) is 10.4. The van der Waals surface area contributed by atoms with E-state index in [-0.39, 0.29) is 6.03 Å². The number of hydrogen-bond donors (Lipinski definition) is 1. The molecule has 1 fully saturated rings. The molecule has 2 amide bonds. The monoisotopic (exact) mass is 460 g/mol. The topological polar surface area (TPSA) is 71.3 Å². The van der Waals surface area contributed by atoms with Gasteiger partial charge < -0.3 is 14.7 Å². The molecule has 1 aliphatic carbocycles. The van der Waals surface area contributed by atoms with Crippen LogP contribution in [0.5, 0.6) is 0 Å². The van der Waals surface area contributed by atoms with Crippen LogP contribution in [-0.4, -0.2) is 34.2 Å². The maximum atomic E-state index is 12.8. The fraction of sp³-hybridized carbons (Fsp3) is 0.346. The molecule has 2 aliphatic rings. The first kappa shape index (κ1) is 21.6. The number of carbonyl (C=O) groups is 1. The fourth-order valence-electron chi connectivity index (χ4n) is 4.32. The van der Waals surface area contributed by atoms with Crippen LogP contribution in [0.1, 0.15) is 53.5 Å². The minimum Gasteiger partial charge on any atom is -0.356 e. The number of nitrogens with zero attached hydrogens (tertiary/aromatic N) is 3. The van der Waals surface area contributed by atoms with Crippen LogP contribution in [0, 0.1) is 13.8 Å². The van der Waals surface area contributed by atoms with Gasteiger partial charge in [-0.25, -0.2) is 9.78 Å². The van der Waals surface area contributed by atoms with Crippen molar-refractivity contribution < 1.29 is 9.32 Å². The molecule has 3 aromatic rings. The standard InChI is InChI=1S/C26H28N4O2S/c1-17-8-9-18(2)21(14-17)28-26(31)30-12-10-20(11-13-30)25-27-23(16-33-25)22-15-24(32-29-22)19-6-4-3-5-7-19/h4,6-9,14-16,20H,3,5,10-13H2,1-2H3,(H,28,31). The lowest BCUT2D eigenvalue weighted by Crippen LogP contribution is -2.40. The Morgan fingerprint density at radius 2 is 2.00 bits per heavy atom. The third-order valence-electron chi connectivity index (χ3n) is 6.34. The minimum atomic E-state index is -0.0248. The van der Waals surface area contributed by atoms with E-state index in [0.717, 1.165) is 83.3 Å². The summed E-state index contributed by atoms with van der Waals surface area (Å²) in [4.78, 5) is 19.5. The number of aromatic nitrogens is 2. The predicted octanol–water partition coefficient (Wildman–Crippen LogP) is 6.56. The number of benzene rings is 1. The Morgan fingerprint density at radius 3 is 2.79 bits per heavy atom. The summed E-state index contributed by atoms with van der Waals surface area (Å²) in [6.45, 7) is 5.50. The van der Waals surface area contributed by atoms with E-state index in [1.807, 2.05) is 36.9 Å². The lowest BCUT2D eigenvalue weighted by atomic mass is 9.98. The number of amides is 2. The first-order valence-corrected chi connectivity index (χ1v) is 12.4. The van der Waals surface area contributed by atoms with E-state index in [1.165, 1.54) is 0 Å². The molecule has 0 atom stereocenters. The van der Waals surface area contributed by atoms with Gasteiger partial charge in [0.1, 0.15) is 11.4 Å². The highest BCUT2D eigenvalue weighted by Gasteiger charge is 2.26. The van der Waals surface area contributed by atoms with Crippen molar-refractivity contribution in [1.29, 1.82) is 0 Å². The van der Waals surface area contributed by atoms with Crippen molar-refractivity contribution in [2.24, 2.45) is 0 Å². The Labute approximate surface area is 198 Å². The maximum absolute atomic E-state index is 12.8. The Morgan fingerprint density at radius 1 is 1.15 bits per heavy atom. The number of likely N-dealkylation sites (tertiary alicyclic amines) is 1. The van der Waals surface area contributed by atoms with Crippen LogP contribution >= 0.6 is 11.3 Å². The second-order valence-corrected chi connectivity index (χ2v) is 9.69. The summed E-state index contributed by atoms with van der Waals surface area (Å²) < 4.78 is 5.56. The molecule has 170 valence electrons. The Bertz CT molecular complexity index is 1210. The van der Waals surface area contributed by atoms with Gasteiger partial charge in [-0.1, -0.05) is 35.5 Å². The van der Waals surface area contributed by atoms with Crippen molar-refractivity contribution in [2.45, 2.75) is 45.4 Å². The van der Waals surface area contributed by atoms with Crippen LogP contribution in [0.2, 0.25) is 0 Å². The van der Waals surface area contributed by atoms with E-state index >= 15 is 0 Å². The van der Waals surface area contributed by atoms with Gasteiger partial charge >= 0.3 is 6.03 Å². The van der Waals surface area contributed by atoms with Gasteiger partial charge in [0.05, 0.1) is 5.01 Å². The molecule has 6 nitrogen and oxygen atoms in total. The molecule has 1 N–H and O–H groups in total. The average Bonchev–Trinajstić information content (AvgIpc) is 3.52. The SMILES string of the molecule is Cc1ccc(C)c(NC(=O)N2CCC(c3nc(-c4cc(C5=CCCC=C5)on4)cs3)CC2)c1. The van der Waals surface area contributed by atoms with Gasteiger partial charge in [-0.15, -0.1) is 11.3 Å². The van der Waals surface area contributed by atoms with E-state index < -0.39 is 0 Å². The molecule has 0 bridgehead atoms. The first-order valence-electron chi connectivity index (χ1n) is 11.5. The van der Waals surface area contributed by atoms with Crippen LogP contribution in [0.15, 0.2) is 52.4 Å². The molecule has 33 heavy (non-hydrogen) atoms. The highest BCUT2D eigenvalue weighted by molar-refractivity contribution is 7.10. The summed E-state index contributed by atoms with van der Waals surface area (Å²) in [6, 6.07) is 8.07. The molecule has 0 spiro atoms. The van der Waals surface area contributed by atoms with Crippen LogP contribution in [0.3, 0.4) is 0 Å². The molecule has 1 aliphatic heterocycles. The minimum absolute atomic E-state index is 0.0248. The molecule has 5 rings (SSSR count). The number of rotatable bonds is 4. The Hall–Kier alpha value is -3.19. The van der Waals surface area contributed by atoms with Crippen LogP contribution < -0.4 is 5.32 Å². The Balaban J connectivity index is 1.19. The third-order valence-corrected chi connectivity index (χ3v) is 7.35. The molecule has 1 saturated heterocycles. The molecule has 3 heterocycles. The number of thiazole rings is 1. The number of piperidine rings is 1. The van der Waals surface area contributed by atoms with Crippen molar-refractivity contribution in [3.05, 3.63) is 69.8 Å². The second kappa shape index (κ2) is 9.35. The van der Waals surface area contributed by atoms with Crippen molar-refractivity contribution in [1.82, 2.24) is 15.0 Å². The van der Waals surface area contributed by atoms with Gasteiger partial charge in [-0.05, 0) is 56.7 Å². The van der Waals surface area contributed by atoms with Crippen molar-refractivity contribution in [3.63, 3.8) is 0 Å². The van der Waals surface area contributed by atoms with Gasteiger partial charge in [-0.2, -0.15) is 0 Å². The summed E-state index contributed by atoms with van der Waals surface area (Å²) >= 11 is 1.67. The summed E-state index contributed by atoms with van der Waals surface area (Å²) in [7, 11) is 0. The number of carbonyl (C=O) groups excluding carboxylic acids is 1. The summed E-state index contributed by atoms with van der Waals surface area (Å²) in [5.74, 6) is 1.16. The maximum Gasteiger partial charge on any atom is 0.321 e. The van der Waals surface area contributed by atoms with Crippen LogP contribution in [0.25, 0.3) is 17.0 Å². The van der Waals surface area contributed by atoms with E-state index in [1.54, 1.807) is 11.3 Å². The van der Waals surface area contributed by atoms with E-state index in [2.05, 4.69) is 40.1 Å². The largest absolute Gasteiger partial charge is 0.356 e. The summed E-state index contributed by atoms with van der Waals surface area (Å²) in [5.41, 5.74) is 5.82. The zero-order valence-electron chi connectivity index (χ0n) is 19.0. The zero-order chi connectivity index (χ0) is 22.8. The number of urea groups is 1. The van der Waals surface area contributed by atoms with E-state index in [0.29, 0.717) is 5.92 Å². The number of hydrogen-bond acceptors (Lipinski definition) is 5. The molecule has 2 aromatic heterocycles. The second-order valence-electron chi connectivity index (χ2n) is 8.80. The quantitative estimate of drug-likeness (QED) is 0.479. The van der Waals surface area contributed by atoms with Crippen molar-refractivity contribution in [2.75, 3.05) is 18.4 Å². The van der Waals surface area contributed by atoms with Crippen LogP contribution in [-0.2, 0) is 0 Å². The number of allylic oxidation sites excluding steroid dienone is 4. The van der Waals surface area contributed by atoms with Gasteiger partial charge in [0, 0.05) is 41.7 Å². The van der Waals surface area contributed by atoms with Crippen LogP contribution in [0.4, 0.5) is 10.5 Å². The van der Waals surface area contributed by atoms with Gasteiger partial charge in [0.2, 0.25) is 0 Å². The third kappa shape index (κ3) is 4.78. The molecular weight excluding hydrogens is 432 g/mol. The fourth-order valence-corrected chi connectivity index (χ4v) is 5.30. The van der Waals surface area contributed by atoms with Gasteiger partial charge in [0.15, 0.2) is 5.76 Å². The molecule has 0 saturated carbocycles. The normalized spacial score (nSPS) is 16.7. The van der Waals surface area contributed by atoms with Gasteiger partial charge in [0.25, 0.3) is 0 Å². The number of anilines is 1. The summed E-state index contributed by atoms with van der Waals surface area (Å²) in [5, 5.41) is 10.5. The van der Waals surface area contributed by atoms with Gasteiger partial charge in [-0.3, -0.25) is 0 Å². The first-order chi connectivity index (χ1) is 16.1. The lowest BCUT2D eigenvalue weighted by Gasteiger charge is -2.31. The van der Waals surface area contributed by atoms with Crippen molar-refractivity contribution in [3.8, 4) is 11.4 Å². The smallest absolute Gasteiger partial charge is 0.321 e. The highest BCUT2D eigenvalue weighted by atomic mass is 32.1. The molecule has 1 aromatic carbocycles. The highest BCUT2D eigenvalue weighted by Crippen LogP contribution is 2.34. The van der Waals surface area contributed by atoms with E-state index in [9.17, 15) is 4.79 Å². The zero-order valence-corrected chi connectivity index (χ0v) is 19.8.